The Labute approximate surface area is 198 Å². The molecule has 3 rings (SSSR count). The van der Waals surface area contributed by atoms with Gasteiger partial charge in [0.25, 0.3) is 0 Å². The molecule has 6 heteroatoms. The van der Waals surface area contributed by atoms with Gasteiger partial charge in [-0.2, -0.15) is 0 Å². The molecule has 5 nitrogen and oxygen atoms in total. The maximum absolute atomic E-state index is 12.5. The summed E-state index contributed by atoms with van der Waals surface area (Å²) in [7, 11) is 1.91. The molecule has 0 aliphatic heterocycles. The van der Waals surface area contributed by atoms with Gasteiger partial charge in [0.05, 0.1) is 6.61 Å². The van der Waals surface area contributed by atoms with E-state index >= 15 is 0 Å². The highest BCUT2D eigenvalue weighted by Crippen LogP contribution is 2.17. The van der Waals surface area contributed by atoms with Crippen LogP contribution in [0.25, 0.3) is 12.2 Å². The number of hydrogen-bond donors (Lipinski definition) is 2. The molecule has 0 radical (unpaired) electrons. The zero-order valence-electron chi connectivity index (χ0n) is 18.2. The van der Waals surface area contributed by atoms with Crippen LogP contribution in [0.1, 0.15) is 21.5 Å². The van der Waals surface area contributed by atoms with Gasteiger partial charge in [0.15, 0.2) is 5.78 Å². The highest BCUT2D eigenvalue weighted by Gasteiger charge is 2.04. The van der Waals surface area contributed by atoms with E-state index in [1.807, 2.05) is 54.4 Å². The number of carbonyl (C=O) groups is 2. The highest BCUT2D eigenvalue weighted by molar-refractivity contribution is 6.32. The molecule has 168 valence electrons. The van der Waals surface area contributed by atoms with Crippen molar-refractivity contribution >= 4 is 46.8 Å². The molecule has 0 aliphatic rings. The second-order valence-electron chi connectivity index (χ2n) is 7.36. The van der Waals surface area contributed by atoms with Gasteiger partial charge in [-0.3, -0.25) is 9.59 Å². The molecular weight excluding hydrogens is 436 g/mol. The van der Waals surface area contributed by atoms with Gasteiger partial charge in [-0.1, -0.05) is 48.0 Å². The summed E-state index contributed by atoms with van der Waals surface area (Å²) in [6.45, 7) is 0.649. The molecular formula is C27H25ClN2O3. The summed E-state index contributed by atoms with van der Waals surface area (Å²) in [6, 6.07) is 21.7. The van der Waals surface area contributed by atoms with Gasteiger partial charge < -0.3 is 15.3 Å². The van der Waals surface area contributed by atoms with E-state index in [0.717, 1.165) is 16.8 Å². The number of nitrogens with zero attached hydrogens (tertiary/aromatic N) is 1. The summed E-state index contributed by atoms with van der Waals surface area (Å²) < 4.78 is 0. The third kappa shape index (κ3) is 7.17. The van der Waals surface area contributed by atoms with Gasteiger partial charge in [0.1, 0.15) is 0 Å². The number of likely N-dealkylation sites (N-methyl/N-ethyl adjacent to an activating group) is 1. The minimum absolute atomic E-state index is 0.0917. The number of carbonyl (C=O) groups excluding carboxylic acids is 2. The summed E-state index contributed by atoms with van der Waals surface area (Å²) in [6.07, 6.45) is 6.34. The number of anilines is 2. The first-order valence-corrected chi connectivity index (χ1v) is 10.8. The molecule has 33 heavy (non-hydrogen) atoms. The summed E-state index contributed by atoms with van der Waals surface area (Å²) in [5.41, 5.74) is 3.77. The molecule has 0 aliphatic carbocycles. The molecule has 0 bridgehead atoms. The third-order valence-corrected chi connectivity index (χ3v) is 5.30. The van der Waals surface area contributed by atoms with Crippen LogP contribution < -0.4 is 10.2 Å². The minimum atomic E-state index is -0.290. The molecule has 0 aromatic heterocycles. The SMILES string of the molecule is CN(CCO)c1ccc(/C=C/C(=O)c2ccc(NC(=O)/C=C/c3ccccc3Cl)cc2)cc1. The quantitative estimate of drug-likeness (QED) is 0.335. The maximum atomic E-state index is 12.5. The van der Waals surface area contributed by atoms with Crippen molar-refractivity contribution in [3.05, 3.63) is 107 Å². The molecule has 0 unspecified atom stereocenters. The van der Waals surface area contributed by atoms with E-state index in [4.69, 9.17) is 16.7 Å². The second kappa shape index (κ2) is 11.8. The molecule has 2 N–H and O–H groups in total. The van der Waals surface area contributed by atoms with Gasteiger partial charge in [-0.25, -0.2) is 0 Å². The average molecular weight is 461 g/mol. The zero-order valence-corrected chi connectivity index (χ0v) is 19.0. The Morgan fingerprint density at radius 2 is 1.64 bits per heavy atom. The molecule has 3 aromatic rings. The van der Waals surface area contributed by atoms with Gasteiger partial charge in [0, 0.05) is 41.6 Å². The van der Waals surface area contributed by atoms with Crippen molar-refractivity contribution in [1.29, 1.82) is 0 Å². The summed E-state index contributed by atoms with van der Waals surface area (Å²) >= 11 is 6.08. The number of nitrogens with one attached hydrogen (secondary N) is 1. The van der Waals surface area contributed by atoms with Crippen LogP contribution in [0.4, 0.5) is 11.4 Å². The first kappa shape index (κ1) is 24.0. The lowest BCUT2D eigenvalue weighted by Crippen LogP contribution is -2.20. The molecule has 0 saturated carbocycles. The van der Waals surface area contributed by atoms with Crippen molar-refractivity contribution in [1.82, 2.24) is 0 Å². The van der Waals surface area contributed by atoms with Crippen molar-refractivity contribution in [2.75, 3.05) is 30.4 Å². The first-order valence-electron chi connectivity index (χ1n) is 10.4. The number of amides is 1. The van der Waals surface area contributed by atoms with E-state index < -0.39 is 0 Å². The van der Waals surface area contributed by atoms with Gasteiger partial charge in [-0.15, -0.1) is 0 Å². The number of halogens is 1. The molecule has 0 atom stereocenters. The summed E-state index contributed by atoms with van der Waals surface area (Å²) in [5, 5.41) is 12.4. The van der Waals surface area contributed by atoms with Crippen LogP contribution >= 0.6 is 11.6 Å². The third-order valence-electron chi connectivity index (χ3n) is 4.95. The number of allylic oxidation sites excluding steroid dienone is 1. The topological polar surface area (TPSA) is 69.6 Å². The van der Waals surface area contributed by atoms with Gasteiger partial charge >= 0.3 is 0 Å². The fraction of sp³-hybridized carbons (Fsp3) is 0.111. The number of aliphatic hydroxyl groups excluding tert-OH is 1. The van der Waals surface area contributed by atoms with Crippen molar-refractivity contribution in [3.63, 3.8) is 0 Å². The predicted octanol–water partition coefficient (Wildman–Crippen LogP) is 5.32. The Hall–Kier alpha value is -3.67. The highest BCUT2D eigenvalue weighted by atomic mass is 35.5. The van der Waals surface area contributed by atoms with E-state index in [0.29, 0.717) is 22.8 Å². The Morgan fingerprint density at radius 1 is 0.939 bits per heavy atom. The number of benzene rings is 3. The Balaban J connectivity index is 1.56. The van der Waals surface area contributed by atoms with Crippen LogP contribution in [0, 0.1) is 0 Å². The number of rotatable bonds is 9. The molecule has 0 fully saturated rings. The lowest BCUT2D eigenvalue weighted by atomic mass is 10.1. The van der Waals surface area contributed by atoms with Crippen LogP contribution in [0.3, 0.4) is 0 Å². The smallest absolute Gasteiger partial charge is 0.248 e. The molecule has 0 heterocycles. The summed E-state index contributed by atoms with van der Waals surface area (Å²) in [5.74, 6) is -0.421. The van der Waals surface area contributed by atoms with Crippen LogP contribution in [0.5, 0.6) is 0 Å². The Bertz CT molecular complexity index is 1150. The lowest BCUT2D eigenvalue weighted by Gasteiger charge is -2.17. The van der Waals surface area contributed by atoms with Gasteiger partial charge in [-0.05, 0) is 65.7 Å². The predicted molar refractivity (Wildman–Crippen MR) is 136 cm³/mol. The van der Waals surface area contributed by atoms with E-state index in [9.17, 15) is 9.59 Å². The first-order chi connectivity index (χ1) is 16.0. The fourth-order valence-corrected chi connectivity index (χ4v) is 3.26. The lowest BCUT2D eigenvalue weighted by molar-refractivity contribution is -0.111. The van der Waals surface area contributed by atoms with Crippen molar-refractivity contribution < 1.29 is 14.7 Å². The second-order valence-corrected chi connectivity index (χ2v) is 7.76. The molecule has 0 spiro atoms. The zero-order chi connectivity index (χ0) is 23.6. The van der Waals surface area contributed by atoms with Crippen LogP contribution in [0.2, 0.25) is 5.02 Å². The largest absolute Gasteiger partial charge is 0.395 e. The van der Waals surface area contributed by atoms with E-state index in [1.54, 1.807) is 42.5 Å². The van der Waals surface area contributed by atoms with Crippen molar-refractivity contribution in [2.45, 2.75) is 0 Å². The van der Waals surface area contributed by atoms with Crippen molar-refractivity contribution in [3.8, 4) is 0 Å². The fourth-order valence-electron chi connectivity index (χ4n) is 3.06. The standard InChI is InChI=1S/C27H25ClN2O3/c1-30(18-19-31)24-14-6-20(7-15-24)8-16-26(32)22-9-12-23(13-10-22)29-27(33)17-11-21-4-2-3-5-25(21)28/h2-17,31H,18-19H2,1H3,(H,29,33)/b16-8+,17-11+. The minimum Gasteiger partial charge on any atom is -0.395 e. The number of ketones is 1. The van der Waals surface area contributed by atoms with Gasteiger partial charge in [0.2, 0.25) is 5.91 Å². The summed E-state index contributed by atoms with van der Waals surface area (Å²) in [4.78, 5) is 26.6. The number of aliphatic hydroxyl groups is 1. The average Bonchev–Trinajstić information content (AvgIpc) is 2.83. The molecule has 1 amide bonds. The number of hydrogen-bond acceptors (Lipinski definition) is 4. The molecule has 0 saturated heterocycles. The maximum Gasteiger partial charge on any atom is 0.248 e. The van der Waals surface area contributed by atoms with E-state index in [1.165, 1.54) is 12.2 Å². The Morgan fingerprint density at radius 3 is 2.30 bits per heavy atom. The molecule has 3 aromatic carbocycles. The van der Waals surface area contributed by atoms with Crippen LogP contribution in [-0.4, -0.2) is 37.0 Å². The normalized spacial score (nSPS) is 11.1. The van der Waals surface area contributed by atoms with E-state index in [2.05, 4.69) is 5.32 Å². The van der Waals surface area contributed by atoms with Crippen molar-refractivity contribution in [2.24, 2.45) is 0 Å². The monoisotopic (exact) mass is 460 g/mol. The van der Waals surface area contributed by atoms with Crippen LogP contribution in [0.15, 0.2) is 84.9 Å². The Kier molecular flexibility index (Phi) is 8.58. The van der Waals surface area contributed by atoms with E-state index in [-0.39, 0.29) is 18.3 Å². The van der Waals surface area contributed by atoms with Crippen LogP contribution in [-0.2, 0) is 4.79 Å².